The lowest BCUT2D eigenvalue weighted by Gasteiger charge is -2.10. The highest BCUT2D eigenvalue weighted by molar-refractivity contribution is 7.58. The molecule has 0 unspecified atom stereocenters. The minimum atomic E-state index is 0.533. The molecule has 16 heavy (non-hydrogen) atoms. The van der Waals surface area contributed by atoms with Crippen LogP contribution in [0.15, 0.2) is 26.9 Å². The van der Waals surface area contributed by atoms with Gasteiger partial charge in [-0.05, 0) is 13.0 Å². The number of fused-ring (bicyclic) bond motifs is 1. The fraction of sp³-hybridized carbons (Fsp3) is 0.200. The van der Waals surface area contributed by atoms with Crippen molar-refractivity contribution in [3.8, 4) is 0 Å². The molecule has 0 radical (unpaired) electrons. The summed E-state index contributed by atoms with van der Waals surface area (Å²) < 4.78 is 8.32. The van der Waals surface area contributed by atoms with E-state index in [0.717, 1.165) is 22.7 Å². The highest BCUT2D eigenvalue weighted by atomic mass is 35.5. The predicted octanol–water partition coefficient (Wildman–Crippen LogP) is 4.71. The first-order valence-electron chi connectivity index (χ1n) is 4.69. The van der Waals surface area contributed by atoms with Crippen molar-refractivity contribution in [2.24, 2.45) is 8.73 Å². The number of allylic oxidation sites excluding steroid dienone is 1. The van der Waals surface area contributed by atoms with Gasteiger partial charge in [-0.25, -0.2) is 0 Å². The van der Waals surface area contributed by atoms with Crippen LogP contribution in [0.25, 0.3) is 0 Å². The Balaban J connectivity index is 2.38. The molecule has 1 aliphatic rings. The van der Waals surface area contributed by atoms with Crippen LogP contribution in [0.2, 0.25) is 10.0 Å². The second-order valence-corrected chi connectivity index (χ2v) is 4.47. The van der Waals surface area contributed by atoms with Crippen molar-refractivity contribution in [3.63, 3.8) is 0 Å². The minimum Gasteiger partial charge on any atom is -0.379 e. The van der Waals surface area contributed by atoms with Gasteiger partial charge in [-0.3, -0.25) is 0 Å². The number of anilines is 1. The number of benzene rings is 1. The molecule has 0 bridgehead atoms. The van der Waals surface area contributed by atoms with Crippen molar-refractivity contribution in [1.29, 1.82) is 0 Å². The van der Waals surface area contributed by atoms with Crippen LogP contribution in [0, 0.1) is 0 Å². The van der Waals surface area contributed by atoms with Gasteiger partial charge in [0.25, 0.3) is 0 Å². The zero-order valence-electron chi connectivity index (χ0n) is 8.50. The number of hydrogen-bond donors (Lipinski definition) is 1. The number of hydrogen-bond acceptors (Lipinski definition) is 3. The molecule has 0 amide bonds. The molecule has 0 spiro atoms. The summed E-state index contributed by atoms with van der Waals surface area (Å²) in [6, 6.07) is 1.69. The van der Waals surface area contributed by atoms with Gasteiger partial charge in [0, 0.05) is 6.54 Å². The van der Waals surface area contributed by atoms with Gasteiger partial charge in [-0.15, -0.1) is 0 Å². The summed E-state index contributed by atoms with van der Waals surface area (Å²) in [5, 5.41) is 4.29. The molecule has 6 heteroatoms. The van der Waals surface area contributed by atoms with Crippen molar-refractivity contribution < 1.29 is 0 Å². The summed E-state index contributed by atoms with van der Waals surface area (Å²) >= 11 is 13.3. The van der Waals surface area contributed by atoms with Gasteiger partial charge >= 0.3 is 0 Å². The lowest BCUT2D eigenvalue weighted by molar-refractivity contribution is 1.32. The summed E-state index contributed by atoms with van der Waals surface area (Å²) in [5.74, 6) is 0. The van der Waals surface area contributed by atoms with Gasteiger partial charge in [0.1, 0.15) is 11.4 Å². The third-order valence-corrected chi connectivity index (χ3v) is 3.19. The van der Waals surface area contributed by atoms with Crippen LogP contribution >= 0.6 is 23.2 Å². The quantitative estimate of drug-likeness (QED) is 0.808. The second-order valence-electron chi connectivity index (χ2n) is 3.13. The summed E-state index contributed by atoms with van der Waals surface area (Å²) in [6.45, 7) is 2.66. The van der Waals surface area contributed by atoms with E-state index in [4.69, 9.17) is 23.2 Å². The number of nitrogens with zero attached hydrogens (tertiary/aromatic N) is 2. The van der Waals surface area contributed by atoms with Crippen LogP contribution in [-0.4, -0.2) is 6.54 Å². The molecule has 0 fully saturated rings. The first-order chi connectivity index (χ1) is 7.74. The molecule has 1 aromatic rings. The first kappa shape index (κ1) is 11.6. The van der Waals surface area contributed by atoms with E-state index in [1.165, 1.54) is 0 Å². The molecular formula is C10H9Cl2N3S. The summed E-state index contributed by atoms with van der Waals surface area (Å²) in [7, 11) is 0. The summed E-state index contributed by atoms with van der Waals surface area (Å²) in [6.07, 6.45) is 3.96. The lowest BCUT2D eigenvalue weighted by atomic mass is 10.2. The zero-order valence-corrected chi connectivity index (χ0v) is 10.8. The van der Waals surface area contributed by atoms with E-state index in [-0.39, 0.29) is 0 Å². The fourth-order valence-corrected chi connectivity index (χ4v) is 2.50. The maximum absolute atomic E-state index is 6.11. The van der Waals surface area contributed by atoms with E-state index < -0.39 is 0 Å². The number of rotatable bonds is 3. The first-order valence-corrected chi connectivity index (χ1v) is 6.18. The Hall–Kier alpha value is -0.840. The topological polar surface area (TPSA) is 36.8 Å². The Morgan fingerprint density at radius 1 is 1.31 bits per heavy atom. The molecule has 2 rings (SSSR count). The maximum atomic E-state index is 6.11. The van der Waals surface area contributed by atoms with Gasteiger partial charge < -0.3 is 5.32 Å². The molecule has 1 heterocycles. The highest BCUT2D eigenvalue weighted by Gasteiger charge is 2.17. The number of halogens is 2. The molecule has 1 aliphatic heterocycles. The average molecular weight is 274 g/mol. The van der Waals surface area contributed by atoms with Crippen LogP contribution in [0.4, 0.5) is 17.1 Å². The molecule has 1 aromatic carbocycles. The number of nitrogens with one attached hydrogen (secondary N) is 1. The van der Waals surface area contributed by atoms with E-state index in [1.807, 2.05) is 19.1 Å². The molecule has 0 saturated carbocycles. The molecule has 0 aliphatic carbocycles. The maximum Gasteiger partial charge on any atom is 0.130 e. The van der Waals surface area contributed by atoms with Crippen molar-refractivity contribution in [2.45, 2.75) is 6.92 Å². The van der Waals surface area contributed by atoms with Crippen molar-refractivity contribution in [1.82, 2.24) is 0 Å². The largest absolute Gasteiger partial charge is 0.379 e. The normalized spacial score (nSPS) is 12.9. The van der Waals surface area contributed by atoms with Gasteiger partial charge in [-0.2, -0.15) is 8.73 Å². The van der Waals surface area contributed by atoms with Gasteiger partial charge in [0.2, 0.25) is 0 Å². The van der Waals surface area contributed by atoms with E-state index >= 15 is 0 Å². The van der Waals surface area contributed by atoms with Crippen LogP contribution in [0.3, 0.4) is 0 Å². The molecule has 84 valence electrons. The lowest BCUT2D eigenvalue weighted by Crippen LogP contribution is -1.99. The SMILES string of the molecule is C/C=C/CNc1c(Cl)cc(Cl)c2c1N=S=N2. The van der Waals surface area contributed by atoms with Crippen LogP contribution in [-0.2, 0) is 11.4 Å². The monoisotopic (exact) mass is 273 g/mol. The predicted molar refractivity (Wildman–Crippen MR) is 71.3 cm³/mol. The van der Waals surface area contributed by atoms with E-state index in [2.05, 4.69) is 14.0 Å². The van der Waals surface area contributed by atoms with Crippen LogP contribution < -0.4 is 5.32 Å². The Kier molecular flexibility index (Phi) is 3.63. The fourth-order valence-electron chi connectivity index (χ4n) is 1.32. The third kappa shape index (κ3) is 2.14. The smallest absolute Gasteiger partial charge is 0.130 e. The minimum absolute atomic E-state index is 0.533. The molecule has 0 saturated heterocycles. The standard InChI is InChI=1S/C10H9Cl2N3S/c1-2-3-4-13-8-6(11)5-7(12)9-10(8)15-16-14-9/h2-3,5,13H,4H2,1H3/b3-2+. The Morgan fingerprint density at radius 2 is 2.06 bits per heavy atom. The molecule has 0 atom stereocenters. The van der Waals surface area contributed by atoms with E-state index in [1.54, 1.807) is 6.07 Å². The Bertz CT molecular complexity index is 519. The van der Waals surface area contributed by atoms with Crippen LogP contribution in [0.1, 0.15) is 6.92 Å². The molecule has 3 nitrogen and oxygen atoms in total. The molecule has 0 aromatic heterocycles. The van der Waals surface area contributed by atoms with Gasteiger partial charge in [-0.1, -0.05) is 35.4 Å². The summed E-state index contributed by atoms with van der Waals surface area (Å²) in [5.41, 5.74) is 2.21. The van der Waals surface area contributed by atoms with E-state index in [0.29, 0.717) is 22.3 Å². The van der Waals surface area contributed by atoms with Crippen LogP contribution in [0.5, 0.6) is 0 Å². The Labute approximate surface area is 107 Å². The van der Waals surface area contributed by atoms with E-state index in [9.17, 15) is 0 Å². The summed E-state index contributed by atoms with van der Waals surface area (Å²) in [4.78, 5) is 0. The molecular weight excluding hydrogens is 265 g/mol. The molecule has 1 N–H and O–H groups in total. The van der Waals surface area contributed by atoms with Crippen molar-refractivity contribution >= 4 is 51.6 Å². The zero-order chi connectivity index (χ0) is 11.5. The Morgan fingerprint density at radius 3 is 2.81 bits per heavy atom. The third-order valence-electron chi connectivity index (χ3n) is 2.08. The van der Waals surface area contributed by atoms with Gasteiger partial charge in [0.15, 0.2) is 0 Å². The average Bonchev–Trinajstić information content (AvgIpc) is 2.72. The second kappa shape index (κ2) is 4.99. The van der Waals surface area contributed by atoms with Crippen molar-refractivity contribution in [2.75, 3.05) is 11.9 Å². The van der Waals surface area contributed by atoms with Gasteiger partial charge in [0.05, 0.1) is 27.1 Å². The van der Waals surface area contributed by atoms with Crippen molar-refractivity contribution in [3.05, 3.63) is 28.3 Å². The highest BCUT2D eigenvalue weighted by Crippen LogP contribution is 2.47.